The zero-order valence-electron chi connectivity index (χ0n) is 6.01. The van der Waals surface area contributed by atoms with Gasteiger partial charge in [-0.2, -0.15) is 4.89 Å². The molecule has 0 rings (SSSR count). The van der Waals surface area contributed by atoms with Gasteiger partial charge in [0.15, 0.2) is 0 Å². The van der Waals surface area contributed by atoms with E-state index in [0.29, 0.717) is 12.3 Å². The largest absolute Gasteiger partial charge is 0.342 e. The predicted octanol–water partition coefficient (Wildman–Crippen LogP) is 1.14. The number of carbonyl (C=O) groups excluding carboxylic acids is 1. The van der Waals surface area contributed by atoms with Gasteiger partial charge in [0.2, 0.25) is 0 Å². The van der Waals surface area contributed by atoms with Crippen molar-refractivity contribution in [2.75, 3.05) is 7.11 Å². The van der Waals surface area contributed by atoms with Crippen molar-refractivity contribution < 1.29 is 14.6 Å². The van der Waals surface area contributed by atoms with Crippen LogP contribution >= 0.6 is 0 Å². The summed E-state index contributed by atoms with van der Waals surface area (Å²) in [7, 11) is 1.32. The lowest BCUT2D eigenvalue weighted by Gasteiger charge is -2.00. The van der Waals surface area contributed by atoms with Gasteiger partial charge in [0.1, 0.15) is 0 Å². The molecule has 0 amide bonds. The fraction of sp³-hybridized carbons (Fsp3) is 0.833. The molecule has 0 aliphatic rings. The minimum Gasteiger partial charge on any atom is -0.299 e. The van der Waals surface area contributed by atoms with Gasteiger partial charge in [-0.15, -0.1) is 0 Å². The summed E-state index contributed by atoms with van der Waals surface area (Å²) in [6, 6.07) is 0. The fourth-order valence-electron chi connectivity index (χ4n) is 0.460. The third-order valence-electron chi connectivity index (χ3n) is 0.751. The summed E-state index contributed by atoms with van der Waals surface area (Å²) in [5, 5.41) is 0. The summed E-state index contributed by atoms with van der Waals surface area (Å²) < 4.78 is 0. The summed E-state index contributed by atoms with van der Waals surface area (Å²) in [6.07, 6.45) is 0.411. The van der Waals surface area contributed by atoms with Gasteiger partial charge in [0, 0.05) is 0 Å². The van der Waals surface area contributed by atoms with Crippen molar-refractivity contribution >= 4 is 5.97 Å². The van der Waals surface area contributed by atoms with Crippen LogP contribution < -0.4 is 0 Å². The van der Waals surface area contributed by atoms with Crippen LogP contribution in [-0.2, 0) is 14.6 Å². The minimum atomic E-state index is -0.312. The Morgan fingerprint density at radius 1 is 1.56 bits per heavy atom. The molecular weight excluding hydrogens is 120 g/mol. The second-order valence-corrected chi connectivity index (χ2v) is 2.22. The van der Waals surface area contributed by atoms with E-state index in [4.69, 9.17) is 0 Å². The molecule has 9 heavy (non-hydrogen) atoms. The van der Waals surface area contributed by atoms with E-state index >= 15 is 0 Å². The third-order valence-corrected chi connectivity index (χ3v) is 0.751. The van der Waals surface area contributed by atoms with Gasteiger partial charge in [0.05, 0.1) is 13.5 Å². The van der Waals surface area contributed by atoms with Gasteiger partial charge in [0.25, 0.3) is 0 Å². The van der Waals surface area contributed by atoms with E-state index in [1.807, 2.05) is 13.8 Å². The van der Waals surface area contributed by atoms with Crippen LogP contribution in [0.1, 0.15) is 20.3 Å². The number of hydrogen-bond acceptors (Lipinski definition) is 3. The van der Waals surface area contributed by atoms with Crippen LogP contribution in [0, 0.1) is 5.92 Å². The fourth-order valence-corrected chi connectivity index (χ4v) is 0.460. The Balaban J connectivity index is 3.27. The first kappa shape index (κ1) is 8.43. The summed E-state index contributed by atoms with van der Waals surface area (Å²) in [6.45, 7) is 3.88. The maximum absolute atomic E-state index is 10.5. The van der Waals surface area contributed by atoms with Gasteiger partial charge >= 0.3 is 5.97 Å². The van der Waals surface area contributed by atoms with E-state index in [-0.39, 0.29) is 5.97 Å². The molecule has 0 unspecified atom stereocenters. The van der Waals surface area contributed by atoms with Crippen molar-refractivity contribution in [3.8, 4) is 0 Å². The molecule has 0 aromatic rings. The molecule has 54 valence electrons. The van der Waals surface area contributed by atoms with E-state index in [1.54, 1.807) is 0 Å². The third kappa shape index (κ3) is 5.30. The Bertz CT molecular complexity index is 88.3. The molecule has 0 radical (unpaired) electrons. The average Bonchev–Trinajstić information content (AvgIpc) is 1.63. The Kier molecular flexibility index (Phi) is 4.05. The van der Waals surface area contributed by atoms with Crippen LogP contribution in [0.15, 0.2) is 0 Å². The first-order valence-corrected chi connectivity index (χ1v) is 2.90. The van der Waals surface area contributed by atoms with Gasteiger partial charge in [-0.05, 0) is 5.92 Å². The molecule has 0 saturated heterocycles. The van der Waals surface area contributed by atoms with Gasteiger partial charge in [-0.1, -0.05) is 13.8 Å². The Morgan fingerprint density at radius 3 is 2.44 bits per heavy atom. The van der Waals surface area contributed by atoms with Crippen molar-refractivity contribution in [1.82, 2.24) is 0 Å². The van der Waals surface area contributed by atoms with Crippen molar-refractivity contribution in [2.24, 2.45) is 5.92 Å². The van der Waals surface area contributed by atoms with Crippen molar-refractivity contribution in [2.45, 2.75) is 20.3 Å². The lowest BCUT2D eigenvalue weighted by molar-refractivity contribution is -0.255. The van der Waals surface area contributed by atoms with E-state index in [9.17, 15) is 4.79 Å². The van der Waals surface area contributed by atoms with Crippen LogP contribution in [-0.4, -0.2) is 13.1 Å². The molecule has 3 heteroatoms. The Labute approximate surface area is 54.9 Å². The van der Waals surface area contributed by atoms with Crippen molar-refractivity contribution in [3.63, 3.8) is 0 Å². The van der Waals surface area contributed by atoms with E-state index in [2.05, 4.69) is 9.78 Å². The molecule has 3 nitrogen and oxygen atoms in total. The van der Waals surface area contributed by atoms with Crippen LogP contribution in [0.2, 0.25) is 0 Å². The maximum Gasteiger partial charge on any atom is 0.342 e. The van der Waals surface area contributed by atoms with Gasteiger partial charge in [-0.3, -0.25) is 4.89 Å². The molecule has 0 aliphatic heterocycles. The van der Waals surface area contributed by atoms with Crippen molar-refractivity contribution in [1.29, 1.82) is 0 Å². The standard InChI is InChI=1S/C6H12O3/c1-5(2)4-6(7)9-8-3/h5H,4H2,1-3H3. The van der Waals surface area contributed by atoms with Crippen LogP contribution in [0.5, 0.6) is 0 Å². The average molecular weight is 132 g/mol. The van der Waals surface area contributed by atoms with Crippen LogP contribution in [0.4, 0.5) is 0 Å². The molecule has 0 spiro atoms. The highest BCUT2D eigenvalue weighted by Gasteiger charge is 2.04. The second kappa shape index (κ2) is 4.32. The molecule has 0 atom stereocenters. The maximum atomic E-state index is 10.5. The Hall–Kier alpha value is -0.570. The lowest BCUT2D eigenvalue weighted by Crippen LogP contribution is -2.06. The topological polar surface area (TPSA) is 35.5 Å². The normalized spacial score (nSPS) is 9.78. The summed E-state index contributed by atoms with van der Waals surface area (Å²) in [5.41, 5.74) is 0. The highest BCUT2D eigenvalue weighted by Crippen LogP contribution is 2.00. The van der Waals surface area contributed by atoms with E-state index < -0.39 is 0 Å². The molecule has 0 heterocycles. The first-order valence-electron chi connectivity index (χ1n) is 2.90. The van der Waals surface area contributed by atoms with Crippen molar-refractivity contribution in [3.05, 3.63) is 0 Å². The van der Waals surface area contributed by atoms with Gasteiger partial charge in [-0.25, -0.2) is 4.79 Å². The predicted molar refractivity (Wildman–Crippen MR) is 32.6 cm³/mol. The second-order valence-electron chi connectivity index (χ2n) is 2.22. The molecule has 0 fully saturated rings. The molecule has 0 aromatic carbocycles. The Morgan fingerprint density at radius 2 is 2.11 bits per heavy atom. The molecule has 0 saturated carbocycles. The van der Waals surface area contributed by atoms with Crippen LogP contribution in [0.25, 0.3) is 0 Å². The SMILES string of the molecule is COOC(=O)CC(C)C. The number of hydrogen-bond donors (Lipinski definition) is 0. The monoisotopic (exact) mass is 132 g/mol. The quantitative estimate of drug-likeness (QED) is 0.426. The highest BCUT2D eigenvalue weighted by molar-refractivity contribution is 5.68. The summed E-state index contributed by atoms with van der Waals surface area (Å²) >= 11 is 0. The van der Waals surface area contributed by atoms with Gasteiger partial charge < -0.3 is 0 Å². The highest BCUT2D eigenvalue weighted by atomic mass is 17.2. The first-order chi connectivity index (χ1) is 4.16. The number of carbonyl (C=O) groups is 1. The molecule has 0 N–H and O–H groups in total. The van der Waals surface area contributed by atoms with E-state index in [0.717, 1.165) is 0 Å². The van der Waals surface area contributed by atoms with Crippen LogP contribution in [0.3, 0.4) is 0 Å². The zero-order chi connectivity index (χ0) is 7.28. The summed E-state index contributed by atoms with van der Waals surface area (Å²) in [4.78, 5) is 18.9. The summed E-state index contributed by atoms with van der Waals surface area (Å²) in [5.74, 6) is 0.0140. The van der Waals surface area contributed by atoms with E-state index in [1.165, 1.54) is 7.11 Å². The molecule has 0 aromatic heterocycles. The minimum absolute atomic E-state index is 0.312. The molecule has 0 bridgehead atoms. The number of rotatable bonds is 3. The zero-order valence-corrected chi connectivity index (χ0v) is 6.01. The molecular formula is C6H12O3. The lowest BCUT2D eigenvalue weighted by atomic mass is 10.1. The molecule has 0 aliphatic carbocycles. The smallest absolute Gasteiger partial charge is 0.299 e.